The van der Waals surface area contributed by atoms with Crippen LogP contribution in [0.15, 0.2) is 18.2 Å². The van der Waals surface area contributed by atoms with Gasteiger partial charge in [0.15, 0.2) is 11.5 Å². The Morgan fingerprint density at radius 3 is 3.13 bits per heavy atom. The van der Waals surface area contributed by atoms with Gasteiger partial charge in [-0.25, -0.2) is 9.50 Å². The number of rotatable bonds is 1. The lowest BCUT2D eigenvalue weighted by Crippen LogP contribution is -2.14. The van der Waals surface area contributed by atoms with Crippen molar-refractivity contribution in [3.63, 3.8) is 0 Å². The van der Waals surface area contributed by atoms with Crippen LogP contribution in [0.3, 0.4) is 0 Å². The van der Waals surface area contributed by atoms with Gasteiger partial charge >= 0.3 is 0 Å². The van der Waals surface area contributed by atoms with Crippen molar-refractivity contribution < 1.29 is 0 Å². The predicted molar refractivity (Wildman–Crippen MR) is 58.0 cm³/mol. The number of hydrogen-bond donors (Lipinski definition) is 1. The van der Waals surface area contributed by atoms with Crippen LogP contribution in [-0.2, 0) is 0 Å². The second kappa shape index (κ2) is 3.47. The Hall–Kier alpha value is -1.13. The summed E-state index contributed by atoms with van der Waals surface area (Å²) in [6, 6.07) is 5.91. The summed E-state index contributed by atoms with van der Waals surface area (Å²) in [6.45, 7) is 1.05. The SMILES string of the molecule is Clc1cccc2nc(C3CCCN3)nn12. The molecule has 1 fully saturated rings. The lowest BCUT2D eigenvalue weighted by molar-refractivity contribution is 0.604. The molecule has 1 saturated heterocycles. The molecule has 3 heterocycles. The van der Waals surface area contributed by atoms with Crippen molar-refractivity contribution in [1.29, 1.82) is 0 Å². The molecule has 3 rings (SSSR count). The molecule has 2 aromatic rings. The summed E-state index contributed by atoms with van der Waals surface area (Å²) in [5, 5.41) is 8.38. The van der Waals surface area contributed by atoms with E-state index in [4.69, 9.17) is 11.6 Å². The van der Waals surface area contributed by atoms with Gasteiger partial charge in [0.25, 0.3) is 0 Å². The van der Waals surface area contributed by atoms with Gasteiger partial charge in [0.1, 0.15) is 5.15 Å². The number of nitrogens with zero attached hydrogens (tertiary/aromatic N) is 3. The lowest BCUT2D eigenvalue weighted by atomic mass is 10.2. The van der Waals surface area contributed by atoms with Gasteiger partial charge in [-0.1, -0.05) is 17.7 Å². The van der Waals surface area contributed by atoms with E-state index in [2.05, 4.69) is 15.4 Å². The van der Waals surface area contributed by atoms with Gasteiger partial charge in [-0.2, -0.15) is 0 Å². The normalized spacial score (nSPS) is 21.3. The van der Waals surface area contributed by atoms with Crippen LogP contribution in [0.4, 0.5) is 0 Å². The summed E-state index contributed by atoms with van der Waals surface area (Å²) >= 11 is 6.02. The third-order valence-electron chi connectivity index (χ3n) is 2.70. The molecule has 1 unspecified atom stereocenters. The molecule has 0 spiro atoms. The van der Waals surface area contributed by atoms with E-state index < -0.39 is 0 Å². The molecule has 1 aliphatic heterocycles. The molecule has 1 atom stereocenters. The van der Waals surface area contributed by atoms with E-state index in [0.29, 0.717) is 11.2 Å². The molecule has 0 saturated carbocycles. The van der Waals surface area contributed by atoms with E-state index in [1.807, 2.05) is 18.2 Å². The van der Waals surface area contributed by atoms with Gasteiger partial charge in [0.05, 0.1) is 6.04 Å². The first-order valence-corrected chi connectivity index (χ1v) is 5.47. The molecule has 5 heteroatoms. The molecule has 0 aliphatic carbocycles. The molecule has 0 aromatic carbocycles. The van der Waals surface area contributed by atoms with E-state index in [1.165, 1.54) is 6.42 Å². The first-order chi connectivity index (χ1) is 7.34. The first-order valence-electron chi connectivity index (χ1n) is 5.09. The zero-order valence-electron chi connectivity index (χ0n) is 8.15. The summed E-state index contributed by atoms with van der Waals surface area (Å²) in [7, 11) is 0. The number of fused-ring (bicyclic) bond motifs is 1. The van der Waals surface area contributed by atoms with Crippen LogP contribution >= 0.6 is 11.6 Å². The zero-order valence-corrected chi connectivity index (χ0v) is 8.91. The van der Waals surface area contributed by atoms with Gasteiger partial charge in [0.2, 0.25) is 0 Å². The summed E-state index contributed by atoms with van der Waals surface area (Å²) < 4.78 is 1.68. The Balaban J connectivity index is 2.09. The highest BCUT2D eigenvalue weighted by Gasteiger charge is 2.20. The minimum Gasteiger partial charge on any atom is -0.307 e. The number of nitrogens with one attached hydrogen (secondary N) is 1. The number of pyridine rings is 1. The van der Waals surface area contributed by atoms with Crippen molar-refractivity contribution in [3.8, 4) is 0 Å². The monoisotopic (exact) mass is 222 g/mol. The quantitative estimate of drug-likeness (QED) is 0.749. The number of hydrogen-bond acceptors (Lipinski definition) is 3. The lowest BCUT2D eigenvalue weighted by Gasteiger charge is -2.02. The number of aromatic nitrogens is 3. The first kappa shape index (κ1) is 9.12. The van der Waals surface area contributed by atoms with Gasteiger partial charge in [0, 0.05) is 0 Å². The highest BCUT2D eigenvalue weighted by Crippen LogP contribution is 2.21. The van der Waals surface area contributed by atoms with Crippen molar-refractivity contribution in [2.45, 2.75) is 18.9 Å². The summed E-state index contributed by atoms with van der Waals surface area (Å²) in [5.41, 5.74) is 0.811. The van der Waals surface area contributed by atoms with Gasteiger partial charge < -0.3 is 5.32 Å². The highest BCUT2D eigenvalue weighted by molar-refractivity contribution is 6.29. The minimum atomic E-state index is 0.293. The van der Waals surface area contributed by atoms with Crippen LogP contribution in [0, 0.1) is 0 Å². The Morgan fingerprint density at radius 1 is 1.47 bits per heavy atom. The fourth-order valence-electron chi connectivity index (χ4n) is 1.94. The standard InChI is InChI=1S/C10H11ClN4/c11-8-4-1-5-9-13-10(14-15(8)9)7-3-2-6-12-7/h1,4-5,7,12H,2-3,6H2. The molecular weight excluding hydrogens is 212 g/mol. The van der Waals surface area contributed by atoms with E-state index in [0.717, 1.165) is 24.4 Å². The molecular formula is C10H11ClN4. The fraction of sp³-hybridized carbons (Fsp3) is 0.400. The maximum Gasteiger partial charge on any atom is 0.168 e. The van der Waals surface area contributed by atoms with Crippen molar-refractivity contribution in [1.82, 2.24) is 19.9 Å². The van der Waals surface area contributed by atoms with E-state index in [-0.39, 0.29) is 0 Å². The van der Waals surface area contributed by atoms with Crippen molar-refractivity contribution in [3.05, 3.63) is 29.2 Å². The molecule has 78 valence electrons. The summed E-state index contributed by atoms with van der Waals surface area (Å²) in [5.74, 6) is 0.848. The topological polar surface area (TPSA) is 42.2 Å². The molecule has 1 aliphatic rings. The Kier molecular flexibility index (Phi) is 2.11. The molecule has 0 amide bonds. The van der Waals surface area contributed by atoms with E-state index in [1.54, 1.807) is 4.52 Å². The van der Waals surface area contributed by atoms with Crippen molar-refractivity contribution in [2.24, 2.45) is 0 Å². The van der Waals surface area contributed by atoms with Crippen LogP contribution in [0.1, 0.15) is 24.7 Å². The largest absolute Gasteiger partial charge is 0.307 e. The van der Waals surface area contributed by atoms with Gasteiger partial charge in [-0.05, 0) is 31.5 Å². The summed E-state index contributed by atoms with van der Waals surface area (Å²) in [6.07, 6.45) is 2.29. The summed E-state index contributed by atoms with van der Waals surface area (Å²) in [4.78, 5) is 4.46. The fourth-order valence-corrected chi connectivity index (χ4v) is 2.14. The predicted octanol–water partition coefficient (Wildman–Crippen LogP) is 1.81. The Labute approximate surface area is 92.3 Å². The van der Waals surface area contributed by atoms with E-state index in [9.17, 15) is 0 Å². The Morgan fingerprint density at radius 2 is 2.40 bits per heavy atom. The third-order valence-corrected chi connectivity index (χ3v) is 2.99. The maximum atomic E-state index is 6.02. The second-order valence-corrected chi connectivity index (χ2v) is 4.12. The molecule has 0 radical (unpaired) electrons. The Bertz CT molecular complexity index is 487. The zero-order chi connectivity index (χ0) is 10.3. The van der Waals surface area contributed by atoms with Crippen LogP contribution in [0.25, 0.3) is 5.65 Å². The van der Waals surface area contributed by atoms with E-state index >= 15 is 0 Å². The second-order valence-electron chi connectivity index (χ2n) is 3.74. The molecule has 15 heavy (non-hydrogen) atoms. The van der Waals surface area contributed by atoms with Gasteiger partial charge in [-0.3, -0.25) is 0 Å². The average molecular weight is 223 g/mol. The van der Waals surface area contributed by atoms with Gasteiger partial charge in [-0.15, -0.1) is 5.10 Å². The van der Waals surface area contributed by atoms with Crippen LogP contribution in [0.5, 0.6) is 0 Å². The maximum absolute atomic E-state index is 6.02. The number of halogens is 1. The highest BCUT2D eigenvalue weighted by atomic mass is 35.5. The van der Waals surface area contributed by atoms with Crippen molar-refractivity contribution >= 4 is 17.2 Å². The van der Waals surface area contributed by atoms with Crippen molar-refractivity contribution in [2.75, 3.05) is 6.54 Å². The average Bonchev–Trinajstić information content (AvgIpc) is 2.86. The third kappa shape index (κ3) is 1.50. The minimum absolute atomic E-state index is 0.293. The smallest absolute Gasteiger partial charge is 0.168 e. The molecule has 4 nitrogen and oxygen atoms in total. The van der Waals surface area contributed by atoms with Crippen LogP contribution < -0.4 is 5.32 Å². The molecule has 0 bridgehead atoms. The van der Waals surface area contributed by atoms with Crippen LogP contribution in [0.2, 0.25) is 5.15 Å². The molecule has 1 N–H and O–H groups in total. The molecule has 2 aromatic heterocycles. The van der Waals surface area contributed by atoms with Crippen LogP contribution in [-0.4, -0.2) is 21.1 Å².